The topological polar surface area (TPSA) is 95.5 Å². The van der Waals surface area contributed by atoms with E-state index in [-0.39, 0.29) is 28.0 Å². The molecule has 2 heterocycles. The van der Waals surface area contributed by atoms with Gasteiger partial charge < -0.3 is 9.15 Å². The quantitative estimate of drug-likeness (QED) is 0.173. The summed E-state index contributed by atoms with van der Waals surface area (Å²) < 4.78 is 10.9. The van der Waals surface area contributed by atoms with E-state index in [1.54, 1.807) is 18.2 Å². The van der Waals surface area contributed by atoms with Crippen LogP contribution in [0.15, 0.2) is 65.2 Å². The van der Waals surface area contributed by atoms with E-state index in [2.05, 4.69) is 4.98 Å². The number of nitro benzene ring substituents is 1. The number of benzene rings is 2. The third-order valence-corrected chi connectivity index (χ3v) is 4.69. The fraction of sp³-hybridized carbons (Fsp3) is 0. The van der Waals surface area contributed by atoms with E-state index in [9.17, 15) is 14.9 Å². The van der Waals surface area contributed by atoms with E-state index in [0.717, 1.165) is 0 Å². The molecule has 0 aliphatic carbocycles. The van der Waals surface area contributed by atoms with Gasteiger partial charge in [-0.3, -0.25) is 15.1 Å². The van der Waals surface area contributed by atoms with Gasteiger partial charge in [0, 0.05) is 29.3 Å². The minimum absolute atomic E-state index is 0.0602. The number of aromatic nitrogens is 1. The Bertz CT molecular complexity index is 1270. The normalized spacial score (nSPS) is 10.8. The molecule has 0 radical (unpaired) electrons. The first-order chi connectivity index (χ1) is 13.9. The molecule has 0 spiro atoms. The molecule has 0 amide bonds. The molecule has 2 aromatic carbocycles. The molecule has 0 fully saturated rings. The zero-order chi connectivity index (χ0) is 20.5. The average molecular weight is 429 g/mol. The van der Waals surface area contributed by atoms with Crippen LogP contribution in [0.1, 0.15) is 10.6 Å². The number of ether oxygens (including phenoxy) is 1. The number of nitrogens with zero attached hydrogens (tertiary/aromatic N) is 2. The molecule has 0 N–H and O–H groups in total. The van der Waals surface area contributed by atoms with E-state index in [4.69, 9.17) is 32.4 Å². The van der Waals surface area contributed by atoms with Gasteiger partial charge in [-0.15, -0.1) is 0 Å². The predicted molar refractivity (Wildman–Crippen MR) is 108 cm³/mol. The Hall–Kier alpha value is -3.42. The second-order valence-electron chi connectivity index (χ2n) is 5.93. The molecule has 0 unspecified atom stereocenters. The summed E-state index contributed by atoms with van der Waals surface area (Å²) in [4.78, 5) is 27.2. The van der Waals surface area contributed by atoms with Gasteiger partial charge in [-0.1, -0.05) is 35.3 Å². The number of hydrogen-bond donors (Lipinski definition) is 0. The Labute approximate surface area is 173 Å². The highest BCUT2D eigenvalue weighted by Crippen LogP contribution is 2.37. The minimum atomic E-state index is -0.794. The number of hydrogen-bond acceptors (Lipinski definition) is 6. The van der Waals surface area contributed by atoms with E-state index < -0.39 is 10.9 Å². The first-order valence-electron chi connectivity index (χ1n) is 8.23. The predicted octanol–water partition coefficient (Wildman–Crippen LogP) is 5.93. The molecule has 7 nitrogen and oxygen atoms in total. The lowest BCUT2D eigenvalue weighted by molar-refractivity contribution is -0.384. The van der Waals surface area contributed by atoms with Crippen LogP contribution in [0.25, 0.3) is 22.2 Å². The lowest BCUT2D eigenvalue weighted by atomic mass is 10.1. The number of nitro groups is 1. The van der Waals surface area contributed by atoms with Crippen molar-refractivity contribution in [1.29, 1.82) is 0 Å². The van der Waals surface area contributed by atoms with Crippen molar-refractivity contribution in [2.24, 2.45) is 0 Å². The summed E-state index contributed by atoms with van der Waals surface area (Å²) in [7, 11) is 0. The second kappa shape index (κ2) is 7.54. The largest absolute Gasteiger partial charge is 0.449 e. The lowest BCUT2D eigenvalue weighted by Crippen LogP contribution is -2.08. The Kier molecular flexibility index (Phi) is 4.92. The first kappa shape index (κ1) is 18.9. The molecule has 4 aromatic rings. The van der Waals surface area contributed by atoms with Crippen LogP contribution in [0, 0.1) is 10.1 Å². The summed E-state index contributed by atoms with van der Waals surface area (Å²) in [5.41, 5.74) is 0.701. The molecule has 2 aromatic heterocycles. The van der Waals surface area contributed by atoms with Crippen LogP contribution in [-0.2, 0) is 0 Å². The van der Waals surface area contributed by atoms with Crippen molar-refractivity contribution in [3.8, 4) is 17.1 Å². The Balaban J connectivity index is 1.65. The smallest absolute Gasteiger partial charge is 0.379 e. The van der Waals surface area contributed by atoms with Crippen molar-refractivity contribution < 1.29 is 18.9 Å². The van der Waals surface area contributed by atoms with Gasteiger partial charge >= 0.3 is 5.97 Å². The van der Waals surface area contributed by atoms with Crippen LogP contribution in [-0.4, -0.2) is 15.9 Å². The van der Waals surface area contributed by atoms with E-state index in [0.29, 0.717) is 21.5 Å². The minimum Gasteiger partial charge on any atom is -0.449 e. The number of furan rings is 1. The number of rotatable bonds is 4. The van der Waals surface area contributed by atoms with E-state index in [1.165, 1.54) is 42.6 Å². The molecule has 4 rings (SSSR count). The van der Waals surface area contributed by atoms with Crippen molar-refractivity contribution in [1.82, 2.24) is 4.98 Å². The van der Waals surface area contributed by atoms with Gasteiger partial charge in [0.05, 0.1) is 15.0 Å². The third kappa shape index (κ3) is 3.65. The SMILES string of the molecule is O=C(Oc1c(Cl)cc(Cl)c2cccnc12)c1ccc(-c2cccc([N+](=O)[O-])c2)o1. The summed E-state index contributed by atoms with van der Waals surface area (Å²) >= 11 is 12.4. The summed E-state index contributed by atoms with van der Waals surface area (Å²) in [5.74, 6) is -0.546. The summed E-state index contributed by atoms with van der Waals surface area (Å²) in [5, 5.41) is 12.0. The molecule has 144 valence electrons. The van der Waals surface area contributed by atoms with Gasteiger partial charge in [-0.2, -0.15) is 0 Å². The van der Waals surface area contributed by atoms with Crippen molar-refractivity contribution in [2.75, 3.05) is 0 Å². The first-order valence-corrected chi connectivity index (χ1v) is 8.99. The molecule has 29 heavy (non-hydrogen) atoms. The number of fused-ring (bicyclic) bond motifs is 1. The third-order valence-electron chi connectivity index (χ3n) is 4.09. The Morgan fingerprint density at radius 1 is 1.07 bits per heavy atom. The molecule has 9 heteroatoms. The number of carbonyl (C=O) groups excluding carboxylic acids is 1. The number of pyridine rings is 1. The van der Waals surface area contributed by atoms with Crippen LogP contribution < -0.4 is 4.74 Å². The van der Waals surface area contributed by atoms with Gasteiger partial charge in [0.1, 0.15) is 11.3 Å². The summed E-state index contributed by atoms with van der Waals surface area (Å²) in [6.07, 6.45) is 1.53. The van der Waals surface area contributed by atoms with E-state index in [1.807, 2.05) is 0 Å². The number of non-ortho nitro benzene ring substituents is 1. The average Bonchev–Trinajstić information content (AvgIpc) is 3.21. The molecule has 0 aliphatic rings. The van der Waals surface area contributed by atoms with Gasteiger partial charge in [0.15, 0.2) is 5.75 Å². The van der Waals surface area contributed by atoms with E-state index >= 15 is 0 Å². The highest BCUT2D eigenvalue weighted by atomic mass is 35.5. The van der Waals surface area contributed by atoms with Crippen LogP contribution in [0.3, 0.4) is 0 Å². The number of carbonyl (C=O) groups is 1. The zero-order valence-electron chi connectivity index (χ0n) is 14.5. The standard InChI is InChI=1S/C20H10Cl2N2O5/c21-14-10-15(22)19(18-13(14)5-2-8-23-18)29-20(25)17-7-6-16(28-17)11-3-1-4-12(9-11)24(26)27/h1-10H. The van der Waals surface area contributed by atoms with Crippen LogP contribution in [0.5, 0.6) is 5.75 Å². The summed E-state index contributed by atoms with van der Waals surface area (Å²) in [6, 6.07) is 13.7. The van der Waals surface area contributed by atoms with Crippen LogP contribution in [0.4, 0.5) is 5.69 Å². The second-order valence-corrected chi connectivity index (χ2v) is 6.74. The maximum atomic E-state index is 12.6. The molecule has 0 bridgehead atoms. The van der Waals surface area contributed by atoms with Crippen LogP contribution in [0.2, 0.25) is 10.0 Å². The highest BCUT2D eigenvalue weighted by Gasteiger charge is 2.20. The van der Waals surface area contributed by atoms with Crippen LogP contribution >= 0.6 is 23.2 Å². The maximum absolute atomic E-state index is 12.6. The van der Waals surface area contributed by atoms with Gasteiger partial charge in [-0.05, 0) is 30.3 Å². The molecule has 0 saturated heterocycles. The Morgan fingerprint density at radius 2 is 1.90 bits per heavy atom. The van der Waals surface area contributed by atoms with Crippen molar-refractivity contribution >= 4 is 45.8 Å². The lowest BCUT2D eigenvalue weighted by Gasteiger charge is -2.09. The summed E-state index contributed by atoms with van der Waals surface area (Å²) in [6.45, 7) is 0. The van der Waals surface area contributed by atoms with Gasteiger partial charge in [-0.25, -0.2) is 4.79 Å². The van der Waals surface area contributed by atoms with Crippen molar-refractivity contribution in [3.63, 3.8) is 0 Å². The monoisotopic (exact) mass is 428 g/mol. The fourth-order valence-corrected chi connectivity index (χ4v) is 3.32. The molecular weight excluding hydrogens is 419 g/mol. The molecule has 0 aliphatic heterocycles. The zero-order valence-corrected chi connectivity index (χ0v) is 16.0. The molecule has 0 saturated carbocycles. The number of halogens is 2. The van der Waals surface area contributed by atoms with Crippen molar-refractivity contribution in [3.05, 3.63) is 86.7 Å². The Morgan fingerprint density at radius 3 is 2.69 bits per heavy atom. The highest BCUT2D eigenvalue weighted by molar-refractivity contribution is 6.39. The molecular formula is C20H10Cl2N2O5. The van der Waals surface area contributed by atoms with Gasteiger partial charge in [0.25, 0.3) is 5.69 Å². The fourth-order valence-electron chi connectivity index (χ4n) is 2.76. The van der Waals surface area contributed by atoms with Crippen molar-refractivity contribution in [2.45, 2.75) is 0 Å². The maximum Gasteiger partial charge on any atom is 0.379 e. The molecule has 0 atom stereocenters. The number of esters is 1. The van der Waals surface area contributed by atoms with Gasteiger partial charge in [0.2, 0.25) is 5.76 Å².